The highest BCUT2D eigenvalue weighted by atomic mass is 16.6. The summed E-state index contributed by atoms with van der Waals surface area (Å²) in [6.45, 7) is 11.1. The number of hydrogen-bond donors (Lipinski definition) is 0. The van der Waals surface area contributed by atoms with Crippen molar-refractivity contribution in [3.8, 4) is 5.75 Å². The zero-order valence-electron chi connectivity index (χ0n) is 13.0. The molecule has 0 amide bonds. The first-order chi connectivity index (χ1) is 8.82. The van der Waals surface area contributed by atoms with Gasteiger partial charge in [0, 0.05) is 0 Å². The highest BCUT2D eigenvalue weighted by Gasteiger charge is 2.38. The number of benzene rings is 1. The van der Waals surface area contributed by atoms with E-state index in [1.807, 2.05) is 0 Å². The van der Waals surface area contributed by atoms with Gasteiger partial charge in [-0.15, -0.1) is 0 Å². The van der Waals surface area contributed by atoms with E-state index in [-0.39, 0.29) is 5.41 Å². The molecule has 0 aliphatic carbocycles. The van der Waals surface area contributed by atoms with Crippen LogP contribution >= 0.6 is 0 Å². The molecule has 2 rings (SSSR count). The first kappa shape index (κ1) is 14.4. The minimum atomic E-state index is 0.105. The van der Waals surface area contributed by atoms with Crippen molar-refractivity contribution in [2.75, 3.05) is 7.11 Å². The van der Waals surface area contributed by atoms with Crippen molar-refractivity contribution in [2.24, 2.45) is 5.92 Å². The average Bonchev–Trinajstić information content (AvgIpc) is 3.05. The summed E-state index contributed by atoms with van der Waals surface area (Å²) in [7, 11) is 1.74. The normalized spacial score (nSPS) is 24.1. The lowest BCUT2D eigenvalue weighted by Gasteiger charge is -2.23. The fourth-order valence-corrected chi connectivity index (χ4v) is 2.76. The van der Waals surface area contributed by atoms with Gasteiger partial charge in [0.1, 0.15) is 5.75 Å². The lowest BCUT2D eigenvalue weighted by atomic mass is 9.84. The molecule has 19 heavy (non-hydrogen) atoms. The zero-order chi connectivity index (χ0) is 14.2. The maximum Gasteiger partial charge on any atom is 0.122 e. The van der Waals surface area contributed by atoms with Gasteiger partial charge in [0.15, 0.2) is 0 Å². The maximum atomic E-state index is 5.57. The van der Waals surface area contributed by atoms with Crippen LogP contribution in [0, 0.1) is 5.92 Å². The van der Waals surface area contributed by atoms with E-state index in [9.17, 15) is 0 Å². The fraction of sp³-hybridized carbons (Fsp3) is 0.647. The molecular formula is C17H26O2. The van der Waals surface area contributed by atoms with E-state index in [4.69, 9.17) is 9.47 Å². The number of hydrogen-bond acceptors (Lipinski definition) is 2. The maximum absolute atomic E-state index is 5.57. The molecule has 0 saturated carbocycles. The summed E-state index contributed by atoms with van der Waals surface area (Å²) in [5.74, 6) is 1.57. The second-order valence-electron chi connectivity index (χ2n) is 6.77. The second kappa shape index (κ2) is 5.16. The molecule has 2 nitrogen and oxygen atoms in total. The molecule has 3 atom stereocenters. The Morgan fingerprint density at radius 3 is 2.42 bits per heavy atom. The van der Waals surface area contributed by atoms with E-state index in [1.165, 1.54) is 11.1 Å². The van der Waals surface area contributed by atoms with Crippen LogP contribution in [0.2, 0.25) is 0 Å². The van der Waals surface area contributed by atoms with Crippen LogP contribution in [0.5, 0.6) is 5.75 Å². The Morgan fingerprint density at radius 1 is 1.32 bits per heavy atom. The Morgan fingerprint density at radius 2 is 1.95 bits per heavy atom. The molecule has 0 spiro atoms. The third-order valence-electron chi connectivity index (χ3n) is 3.95. The monoisotopic (exact) mass is 262 g/mol. The Balaban J connectivity index is 2.18. The van der Waals surface area contributed by atoms with Crippen LogP contribution in [0.1, 0.15) is 45.7 Å². The van der Waals surface area contributed by atoms with Crippen molar-refractivity contribution in [2.45, 2.75) is 58.7 Å². The van der Waals surface area contributed by atoms with E-state index in [0.29, 0.717) is 18.1 Å². The quantitative estimate of drug-likeness (QED) is 0.766. The lowest BCUT2D eigenvalue weighted by molar-refractivity contribution is 0.328. The summed E-state index contributed by atoms with van der Waals surface area (Å²) in [6.07, 6.45) is 1.96. The molecule has 3 unspecified atom stereocenters. The van der Waals surface area contributed by atoms with Gasteiger partial charge >= 0.3 is 0 Å². The molecule has 1 aliphatic heterocycles. The molecule has 1 fully saturated rings. The van der Waals surface area contributed by atoms with Crippen LogP contribution in [0.4, 0.5) is 0 Å². The topological polar surface area (TPSA) is 21.8 Å². The molecule has 1 heterocycles. The number of methoxy groups -OCH3 is 1. The Kier molecular flexibility index (Phi) is 3.91. The summed E-state index contributed by atoms with van der Waals surface area (Å²) >= 11 is 0. The van der Waals surface area contributed by atoms with Gasteiger partial charge in [-0.1, -0.05) is 39.8 Å². The minimum absolute atomic E-state index is 0.105. The van der Waals surface area contributed by atoms with Crippen molar-refractivity contribution in [1.82, 2.24) is 0 Å². The third kappa shape index (κ3) is 3.30. The van der Waals surface area contributed by atoms with Gasteiger partial charge in [-0.2, -0.15) is 0 Å². The Labute approximate surface area is 117 Å². The van der Waals surface area contributed by atoms with E-state index < -0.39 is 0 Å². The van der Waals surface area contributed by atoms with Crippen LogP contribution in [-0.4, -0.2) is 19.3 Å². The number of rotatable bonds is 4. The Hall–Kier alpha value is -1.02. The second-order valence-corrected chi connectivity index (χ2v) is 6.77. The smallest absolute Gasteiger partial charge is 0.122 e. The van der Waals surface area contributed by atoms with Gasteiger partial charge in [-0.25, -0.2) is 0 Å². The molecule has 106 valence electrons. The van der Waals surface area contributed by atoms with E-state index in [2.05, 4.69) is 52.8 Å². The van der Waals surface area contributed by atoms with Crippen molar-refractivity contribution >= 4 is 0 Å². The molecule has 1 saturated heterocycles. The zero-order valence-corrected chi connectivity index (χ0v) is 13.0. The van der Waals surface area contributed by atoms with Crippen molar-refractivity contribution in [3.05, 3.63) is 29.3 Å². The molecule has 0 aromatic heterocycles. The Bertz CT molecular complexity index is 445. The van der Waals surface area contributed by atoms with Gasteiger partial charge in [0.25, 0.3) is 0 Å². The van der Waals surface area contributed by atoms with Gasteiger partial charge in [-0.3, -0.25) is 0 Å². The van der Waals surface area contributed by atoms with Gasteiger partial charge in [-0.05, 0) is 41.9 Å². The van der Waals surface area contributed by atoms with Crippen LogP contribution in [0.25, 0.3) is 0 Å². The number of ether oxygens (including phenoxy) is 2. The first-order valence-corrected chi connectivity index (χ1v) is 7.15. The van der Waals surface area contributed by atoms with Crippen molar-refractivity contribution in [1.29, 1.82) is 0 Å². The summed E-state index contributed by atoms with van der Waals surface area (Å²) in [4.78, 5) is 0. The predicted octanol–water partition coefficient (Wildman–Crippen LogP) is 3.96. The number of epoxide rings is 1. The van der Waals surface area contributed by atoms with E-state index >= 15 is 0 Å². The molecule has 0 bridgehead atoms. The standard InChI is InChI=1S/C17H26O2/c1-11(16-12(2)19-16)9-13-7-8-15(18-6)14(10-13)17(3,4)5/h7-8,10-12,16H,9H2,1-6H3. The van der Waals surface area contributed by atoms with Gasteiger partial charge in [0.05, 0.1) is 19.3 Å². The van der Waals surface area contributed by atoms with E-state index in [0.717, 1.165) is 12.2 Å². The summed E-state index contributed by atoms with van der Waals surface area (Å²) in [5.41, 5.74) is 2.76. The van der Waals surface area contributed by atoms with Gasteiger partial charge in [0.2, 0.25) is 0 Å². The van der Waals surface area contributed by atoms with Crippen molar-refractivity contribution < 1.29 is 9.47 Å². The molecule has 2 heteroatoms. The summed E-state index contributed by atoms with van der Waals surface area (Å²) < 4.78 is 11.1. The lowest BCUT2D eigenvalue weighted by Crippen LogP contribution is -2.14. The van der Waals surface area contributed by atoms with Crippen LogP contribution in [-0.2, 0) is 16.6 Å². The molecular weight excluding hydrogens is 236 g/mol. The largest absolute Gasteiger partial charge is 0.496 e. The highest BCUT2D eigenvalue weighted by Crippen LogP contribution is 2.35. The molecule has 1 aromatic carbocycles. The van der Waals surface area contributed by atoms with Crippen molar-refractivity contribution in [3.63, 3.8) is 0 Å². The summed E-state index contributed by atoms with van der Waals surface area (Å²) in [5, 5.41) is 0. The predicted molar refractivity (Wildman–Crippen MR) is 78.9 cm³/mol. The highest BCUT2D eigenvalue weighted by molar-refractivity contribution is 5.41. The summed E-state index contributed by atoms with van der Waals surface area (Å²) in [6, 6.07) is 6.57. The molecule has 1 aromatic rings. The average molecular weight is 262 g/mol. The minimum Gasteiger partial charge on any atom is -0.496 e. The fourth-order valence-electron chi connectivity index (χ4n) is 2.76. The molecule has 0 radical (unpaired) electrons. The van der Waals surface area contributed by atoms with Crippen LogP contribution in [0.3, 0.4) is 0 Å². The molecule has 0 N–H and O–H groups in total. The SMILES string of the molecule is COc1ccc(CC(C)C2OC2C)cc1C(C)(C)C. The third-order valence-corrected chi connectivity index (χ3v) is 3.95. The van der Waals surface area contributed by atoms with Gasteiger partial charge < -0.3 is 9.47 Å². The van der Waals surface area contributed by atoms with Crippen LogP contribution < -0.4 is 4.74 Å². The van der Waals surface area contributed by atoms with Crippen LogP contribution in [0.15, 0.2) is 18.2 Å². The molecule has 1 aliphatic rings. The van der Waals surface area contributed by atoms with E-state index in [1.54, 1.807) is 7.11 Å². The first-order valence-electron chi connectivity index (χ1n) is 7.15.